The van der Waals surface area contributed by atoms with Crippen LogP contribution in [-0.4, -0.2) is 67.6 Å². The molecule has 2 N–H and O–H groups in total. The summed E-state index contributed by atoms with van der Waals surface area (Å²) in [7, 11) is 0. The molecule has 0 aliphatic carbocycles. The van der Waals surface area contributed by atoms with Gasteiger partial charge in [0.2, 0.25) is 5.91 Å². The molecule has 6 nitrogen and oxygen atoms in total. The highest BCUT2D eigenvalue weighted by Gasteiger charge is 2.28. The topological polar surface area (TPSA) is 64.7 Å². The number of piperidine rings is 1. The van der Waals surface area contributed by atoms with Crippen LogP contribution in [0.5, 0.6) is 0 Å². The molecule has 0 saturated carbocycles. The lowest BCUT2D eigenvalue weighted by molar-refractivity contribution is -0.128. The van der Waals surface area contributed by atoms with Crippen LogP contribution in [-0.2, 0) is 4.79 Å². The van der Waals surface area contributed by atoms with E-state index in [9.17, 15) is 9.59 Å². The van der Waals surface area contributed by atoms with E-state index in [1.807, 2.05) is 0 Å². The summed E-state index contributed by atoms with van der Waals surface area (Å²) < 4.78 is 0. The van der Waals surface area contributed by atoms with Gasteiger partial charge in [0.1, 0.15) is 0 Å². The van der Waals surface area contributed by atoms with Crippen molar-refractivity contribution in [3.8, 4) is 0 Å². The summed E-state index contributed by atoms with van der Waals surface area (Å²) in [5.41, 5.74) is 0. The monoisotopic (exact) mass is 282 g/mol. The predicted octanol–water partition coefficient (Wildman–Crippen LogP) is 0.250. The minimum Gasteiger partial charge on any atom is -0.336 e. The van der Waals surface area contributed by atoms with Crippen molar-refractivity contribution in [2.45, 2.75) is 26.2 Å². The van der Waals surface area contributed by atoms with Gasteiger partial charge >= 0.3 is 6.03 Å². The Morgan fingerprint density at radius 2 is 2.30 bits per heavy atom. The van der Waals surface area contributed by atoms with Gasteiger partial charge in [0, 0.05) is 19.6 Å². The number of carbonyl (C=O) groups is 2. The van der Waals surface area contributed by atoms with Gasteiger partial charge in [0.25, 0.3) is 0 Å². The SMILES string of the molecule is CCCN(CC(=O)N1CCNC1=O)CC1CCCNC1. The first-order valence-electron chi connectivity index (χ1n) is 7.72. The number of amides is 3. The Morgan fingerprint density at radius 1 is 1.45 bits per heavy atom. The van der Waals surface area contributed by atoms with Crippen LogP contribution in [0.2, 0.25) is 0 Å². The van der Waals surface area contributed by atoms with Crippen molar-refractivity contribution in [2.75, 3.05) is 45.8 Å². The Morgan fingerprint density at radius 3 is 2.90 bits per heavy atom. The smallest absolute Gasteiger partial charge is 0.324 e. The summed E-state index contributed by atoms with van der Waals surface area (Å²) in [6.45, 7) is 7.57. The van der Waals surface area contributed by atoms with Gasteiger partial charge in [0.05, 0.1) is 6.54 Å². The second kappa shape index (κ2) is 7.59. The van der Waals surface area contributed by atoms with E-state index in [2.05, 4.69) is 22.5 Å². The Labute approximate surface area is 120 Å². The third kappa shape index (κ3) is 4.18. The largest absolute Gasteiger partial charge is 0.336 e. The second-order valence-corrected chi connectivity index (χ2v) is 5.72. The maximum absolute atomic E-state index is 12.2. The molecule has 0 aromatic carbocycles. The van der Waals surface area contributed by atoms with Crippen molar-refractivity contribution in [2.24, 2.45) is 5.92 Å². The number of imide groups is 1. The van der Waals surface area contributed by atoms with E-state index in [4.69, 9.17) is 0 Å². The lowest BCUT2D eigenvalue weighted by Crippen LogP contribution is -2.45. The molecular weight excluding hydrogens is 256 g/mol. The van der Waals surface area contributed by atoms with E-state index in [0.717, 1.165) is 32.6 Å². The summed E-state index contributed by atoms with van der Waals surface area (Å²) >= 11 is 0. The number of hydrogen-bond acceptors (Lipinski definition) is 4. The zero-order chi connectivity index (χ0) is 14.4. The van der Waals surface area contributed by atoms with Gasteiger partial charge in [-0.15, -0.1) is 0 Å². The van der Waals surface area contributed by atoms with Crippen molar-refractivity contribution >= 4 is 11.9 Å². The fourth-order valence-corrected chi connectivity index (χ4v) is 2.98. The van der Waals surface area contributed by atoms with E-state index in [1.54, 1.807) is 0 Å². The van der Waals surface area contributed by atoms with Crippen LogP contribution in [0.3, 0.4) is 0 Å². The van der Waals surface area contributed by atoms with Crippen LogP contribution in [0.4, 0.5) is 4.79 Å². The average molecular weight is 282 g/mol. The van der Waals surface area contributed by atoms with Gasteiger partial charge in [-0.1, -0.05) is 6.92 Å². The minimum atomic E-state index is -0.245. The maximum atomic E-state index is 12.2. The first-order valence-corrected chi connectivity index (χ1v) is 7.72. The first-order chi connectivity index (χ1) is 9.70. The standard InChI is InChI=1S/C14H26N4O2/c1-2-7-17(10-12-4-3-5-15-9-12)11-13(19)18-8-6-16-14(18)20/h12,15H,2-11H2,1H3,(H,16,20). The molecule has 114 valence electrons. The molecule has 2 fully saturated rings. The highest BCUT2D eigenvalue weighted by atomic mass is 16.2. The number of nitrogens with one attached hydrogen (secondary N) is 2. The van der Waals surface area contributed by atoms with Crippen LogP contribution in [0.25, 0.3) is 0 Å². The maximum Gasteiger partial charge on any atom is 0.324 e. The Hall–Kier alpha value is -1.14. The van der Waals surface area contributed by atoms with Crippen molar-refractivity contribution in [3.05, 3.63) is 0 Å². The quantitative estimate of drug-likeness (QED) is 0.733. The lowest BCUT2D eigenvalue weighted by Gasteiger charge is -2.30. The molecule has 2 rings (SSSR count). The highest BCUT2D eigenvalue weighted by Crippen LogP contribution is 2.12. The molecule has 20 heavy (non-hydrogen) atoms. The normalized spacial score (nSPS) is 23.2. The third-order valence-corrected chi connectivity index (χ3v) is 3.97. The number of rotatable bonds is 6. The molecule has 0 aromatic heterocycles. The zero-order valence-electron chi connectivity index (χ0n) is 12.4. The van der Waals surface area contributed by atoms with Gasteiger partial charge in [-0.25, -0.2) is 4.79 Å². The molecule has 3 amide bonds. The molecular formula is C14H26N4O2. The molecule has 0 bridgehead atoms. The molecule has 0 spiro atoms. The van der Waals surface area contributed by atoms with Crippen LogP contribution >= 0.6 is 0 Å². The van der Waals surface area contributed by atoms with E-state index >= 15 is 0 Å². The Kier molecular flexibility index (Phi) is 5.79. The molecule has 2 aliphatic heterocycles. The summed E-state index contributed by atoms with van der Waals surface area (Å²) in [6, 6.07) is -0.245. The number of nitrogens with zero attached hydrogens (tertiary/aromatic N) is 2. The molecule has 2 aliphatic rings. The summed E-state index contributed by atoms with van der Waals surface area (Å²) in [5.74, 6) is 0.549. The number of urea groups is 1. The molecule has 0 radical (unpaired) electrons. The Bertz CT molecular complexity index is 342. The van der Waals surface area contributed by atoms with Gasteiger partial charge in [-0.2, -0.15) is 0 Å². The van der Waals surface area contributed by atoms with Gasteiger partial charge in [0.15, 0.2) is 0 Å². The summed E-state index contributed by atoms with van der Waals surface area (Å²) in [6.07, 6.45) is 3.47. The fraction of sp³-hybridized carbons (Fsp3) is 0.857. The van der Waals surface area contributed by atoms with E-state index in [0.29, 0.717) is 25.6 Å². The molecule has 1 unspecified atom stereocenters. The minimum absolute atomic E-state index is 0.0720. The third-order valence-electron chi connectivity index (χ3n) is 3.97. The van der Waals surface area contributed by atoms with Crippen LogP contribution in [0.1, 0.15) is 26.2 Å². The van der Waals surface area contributed by atoms with Crippen LogP contribution in [0, 0.1) is 5.92 Å². The molecule has 2 saturated heterocycles. The molecule has 1 atom stereocenters. The number of hydrogen-bond donors (Lipinski definition) is 2. The van der Waals surface area contributed by atoms with E-state index in [-0.39, 0.29) is 11.9 Å². The van der Waals surface area contributed by atoms with Gasteiger partial charge < -0.3 is 10.6 Å². The fourth-order valence-electron chi connectivity index (χ4n) is 2.98. The number of carbonyl (C=O) groups excluding carboxylic acids is 2. The van der Waals surface area contributed by atoms with Crippen molar-refractivity contribution in [1.82, 2.24) is 20.4 Å². The summed E-state index contributed by atoms with van der Waals surface area (Å²) in [5, 5.41) is 6.09. The molecule has 6 heteroatoms. The first kappa shape index (κ1) is 15.3. The van der Waals surface area contributed by atoms with Gasteiger partial charge in [-0.3, -0.25) is 14.6 Å². The van der Waals surface area contributed by atoms with Crippen molar-refractivity contribution in [3.63, 3.8) is 0 Å². The predicted molar refractivity (Wildman–Crippen MR) is 77.4 cm³/mol. The molecule has 0 aromatic rings. The zero-order valence-corrected chi connectivity index (χ0v) is 12.4. The molecule has 2 heterocycles. The van der Waals surface area contributed by atoms with Crippen molar-refractivity contribution < 1.29 is 9.59 Å². The Balaban J connectivity index is 1.84. The van der Waals surface area contributed by atoms with Crippen LogP contribution < -0.4 is 10.6 Å². The highest BCUT2D eigenvalue weighted by molar-refractivity contribution is 5.96. The van der Waals surface area contributed by atoms with E-state index in [1.165, 1.54) is 17.7 Å². The summed E-state index contributed by atoms with van der Waals surface area (Å²) in [4.78, 5) is 27.2. The van der Waals surface area contributed by atoms with E-state index < -0.39 is 0 Å². The average Bonchev–Trinajstić information content (AvgIpc) is 2.86. The van der Waals surface area contributed by atoms with Crippen molar-refractivity contribution in [1.29, 1.82) is 0 Å². The van der Waals surface area contributed by atoms with Gasteiger partial charge in [-0.05, 0) is 44.8 Å². The van der Waals surface area contributed by atoms with Crippen LogP contribution in [0.15, 0.2) is 0 Å². The second-order valence-electron chi connectivity index (χ2n) is 5.72. The lowest BCUT2D eigenvalue weighted by atomic mass is 9.99.